The van der Waals surface area contributed by atoms with Gasteiger partial charge < -0.3 is 4.48 Å². The molecule has 0 saturated carbocycles. The Bertz CT molecular complexity index is 155. The number of hydrogen-bond donors (Lipinski definition) is 0. The molecule has 0 heterocycles. The second-order valence-electron chi connectivity index (χ2n) is 5.17. The third-order valence-corrected chi connectivity index (χ3v) is 5.34. The van der Waals surface area contributed by atoms with E-state index < -0.39 is 0 Å². The van der Waals surface area contributed by atoms with Gasteiger partial charge in [0.05, 0.1) is 20.1 Å². The average Bonchev–Trinajstić information content (AvgIpc) is 2.33. The lowest BCUT2D eigenvalue weighted by Crippen LogP contribution is -2.43. The van der Waals surface area contributed by atoms with Crippen molar-refractivity contribution in [1.82, 2.24) is 0 Å². The first kappa shape index (κ1) is 16.3. The lowest BCUT2D eigenvalue weighted by atomic mass is 10.0. The summed E-state index contributed by atoms with van der Waals surface area (Å²) in [6, 6.07) is 0. The molecule has 0 radical (unpaired) electrons. The summed E-state index contributed by atoms with van der Waals surface area (Å²) < 4.78 is 1.22. The van der Waals surface area contributed by atoms with Gasteiger partial charge in [0, 0.05) is 5.75 Å². The van der Waals surface area contributed by atoms with Gasteiger partial charge in [-0.1, -0.05) is 33.1 Å². The normalized spacial score (nSPS) is 14.1. The Morgan fingerprint density at radius 1 is 1.06 bits per heavy atom. The van der Waals surface area contributed by atoms with Crippen molar-refractivity contribution in [3.05, 3.63) is 0 Å². The molecule has 1 unspecified atom stereocenters. The van der Waals surface area contributed by atoms with Crippen molar-refractivity contribution >= 4 is 11.8 Å². The molecule has 16 heavy (non-hydrogen) atoms. The van der Waals surface area contributed by atoms with E-state index in [4.69, 9.17) is 0 Å². The lowest BCUT2D eigenvalue weighted by Gasteiger charge is -2.32. The van der Waals surface area contributed by atoms with E-state index in [1.165, 1.54) is 54.9 Å². The van der Waals surface area contributed by atoms with Gasteiger partial charge in [-0.3, -0.25) is 0 Å². The highest BCUT2D eigenvalue weighted by Crippen LogP contribution is 2.20. The molecule has 0 aliphatic heterocycles. The SMILES string of the molecule is CCCCC(CC)CSC[N+](C)(CC)CC. The summed E-state index contributed by atoms with van der Waals surface area (Å²) in [7, 11) is 2.37. The van der Waals surface area contributed by atoms with Crippen LogP contribution in [0.4, 0.5) is 0 Å². The van der Waals surface area contributed by atoms with E-state index in [9.17, 15) is 0 Å². The summed E-state index contributed by atoms with van der Waals surface area (Å²) in [4.78, 5) is 0. The van der Waals surface area contributed by atoms with Crippen LogP contribution in [0, 0.1) is 5.92 Å². The Hall–Kier alpha value is 0.310. The minimum Gasteiger partial charge on any atom is -0.318 e. The predicted molar refractivity (Wildman–Crippen MR) is 77.9 cm³/mol. The number of rotatable bonds is 10. The predicted octanol–water partition coefficient (Wildman–Crippen LogP) is 4.38. The van der Waals surface area contributed by atoms with Crippen molar-refractivity contribution in [2.45, 2.75) is 53.4 Å². The van der Waals surface area contributed by atoms with Crippen LogP contribution in [-0.4, -0.2) is 36.2 Å². The second kappa shape index (κ2) is 9.35. The van der Waals surface area contributed by atoms with Gasteiger partial charge in [0.25, 0.3) is 0 Å². The largest absolute Gasteiger partial charge is 0.318 e. The van der Waals surface area contributed by atoms with Gasteiger partial charge in [-0.2, -0.15) is 0 Å². The third kappa shape index (κ3) is 6.80. The topological polar surface area (TPSA) is 0 Å². The highest BCUT2D eigenvalue weighted by molar-refractivity contribution is 7.99. The van der Waals surface area contributed by atoms with Crippen molar-refractivity contribution in [2.24, 2.45) is 5.92 Å². The van der Waals surface area contributed by atoms with E-state index in [2.05, 4.69) is 46.5 Å². The standard InChI is InChI=1S/C14H32NS/c1-6-10-11-14(7-2)12-16-13-15(5,8-3)9-4/h14H,6-13H2,1-5H3/q+1. The van der Waals surface area contributed by atoms with Crippen LogP contribution < -0.4 is 0 Å². The molecule has 0 spiro atoms. The summed E-state index contributed by atoms with van der Waals surface area (Å²) in [6.07, 6.45) is 5.54. The van der Waals surface area contributed by atoms with Crippen LogP contribution >= 0.6 is 11.8 Å². The molecule has 98 valence electrons. The van der Waals surface area contributed by atoms with Gasteiger partial charge >= 0.3 is 0 Å². The third-order valence-electron chi connectivity index (χ3n) is 3.83. The van der Waals surface area contributed by atoms with E-state index >= 15 is 0 Å². The van der Waals surface area contributed by atoms with E-state index in [0.29, 0.717) is 0 Å². The van der Waals surface area contributed by atoms with Gasteiger partial charge in [0.15, 0.2) is 0 Å². The fourth-order valence-corrected chi connectivity index (χ4v) is 3.39. The molecule has 0 amide bonds. The van der Waals surface area contributed by atoms with E-state index in [-0.39, 0.29) is 0 Å². The van der Waals surface area contributed by atoms with Crippen molar-refractivity contribution < 1.29 is 4.48 Å². The van der Waals surface area contributed by atoms with Gasteiger partial charge in [0.2, 0.25) is 0 Å². The molecule has 0 saturated heterocycles. The number of thioether (sulfide) groups is 1. The van der Waals surface area contributed by atoms with Crippen molar-refractivity contribution in [2.75, 3.05) is 31.8 Å². The molecule has 0 fully saturated rings. The van der Waals surface area contributed by atoms with Gasteiger partial charge in [-0.25, -0.2) is 0 Å². The zero-order valence-corrected chi connectivity index (χ0v) is 12.9. The van der Waals surface area contributed by atoms with Crippen LogP contribution in [0.25, 0.3) is 0 Å². The summed E-state index contributed by atoms with van der Waals surface area (Å²) in [6.45, 7) is 11.8. The van der Waals surface area contributed by atoms with Crippen LogP contribution in [-0.2, 0) is 0 Å². The molecule has 0 bridgehead atoms. The van der Waals surface area contributed by atoms with Crippen molar-refractivity contribution in [3.63, 3.8) is 0 Å². The zero-order valence-electron chi connectivity index (χ0n) is 12.1. The summed E-state index contributed by atoms with van der Waals surface area (Å²) in [5.74, 6) is 3.60. The molecule has 0 aromatic rings. The molecule has 0 aliphatic carbocycles. The van der Waals surface area contributed by atoms with Gasteiger partial charge in [0.1, 0.15) is 5.88 Å². The first-order valence-electron chi connectivity index (χ1n) is 7.03. The van der Waals surface area contributed by atoms with Gasteiger partial charge in [-0.15, -0.1) is 11.8 Å². The fraction of sp³-hybridized carbons (Fsp3) is 1.00. The Morgan fingerprint density at radius 2 is 1.69 bits per heavy atom. The Kier molecular flexibility index (Phi) is 9.53. The first-order valence-corrected chi connectivity index (χ1v) is 8.18. The van der Waals surface area contributed by atoms with E-state index in [0.717, 1.165) is 5.92 Å². The number of unbranched alkanes of at least 4 members (excludes halogenated alkanes) is 1. The number of quaternary nitrogens is 1. The number of hydrogen-bond acceptors (Lipinski definition) is 1. The maximum Gasteiger partial charge on any atom is 0.125 e. The minimum atomic E-state index is 0.951. The molecule has 0 aromatic carbocycles. The highest BCUT2D eigenvalue weighted by atomic mass is 32.2. The summed E-state index contributed by atoms with van der Waals surface area (Å²) >= 11 is 2.16. The Labute approximate surface area is 108 Å². The van der Waals surface area contributed by atoms with Crippen molar-refractivity contribution in [3.8, 4) is 0 Å². The number of nitrogens with zero attached hydrogens (tertiary/aromatic N) is 1. The van der Waals surface area contributed by atoms with Crippen LogP contribution in [0.5, 0.6) is 0 Å². The molecule has 0 aliphatic rings. The molecule has 0 rings (SSSR count). The molecule has 0 aromatic heterocycles. The average molecular weight is 246 g/mol. The second-order valence-corrected chi connectivity index (χ2v) is 6.17. The molecule has 1 nitrogen and oxygen atoms in total. The van der Waals surface area contributed by atoms with Crippen LogP contribution in [0.15, 0.2) is 0 Å². The van der Waals surface area contributed by atoms with Crippen LogP contribution in [0.3, 0.4) is 0 Å². The van der Waals surface area contributed by atoms with Crippen LogP contribution in [0.1, 0.15) is 53.4 Å². The Morgan fingerprint density at radius 3 is 2.12 bits per heavy atom. The monoisotopic (exact) mass is 246 g/mol. The summed E-state index contributed by atoms with van der Waals surface area (Å²) in [5.41, 5.74) is 0. The molecule has 1 atom stereocenters. The minimum absolute atomic E-state index is 0.951. The lowest BCUT2D eigenvalue weighted by molar-refractivity contribution is -0.893. The molecule has 2 heteroatoms. The highest BCUT2D eigenvalue weighted by Gasteiger charge is 2.17. The smallest absolute Gasteiger partial charge is 0.125 e. The quantitative estimate of drug-likeness (QED) is 0.407. The molecular formula is C14H32NS+. The Balaban J connectivity index is 3.76. The van der Waals surface area contributed by atoms with Crippen molar-refractivity contribution in [1.29, 1.82) is 0 Å². The maximum absolute atomic E-state index is 2.37. The zero-order chi connectivity index (χ0) is 12.4. The first-order chi connectivity index (χ1) is 7.61. The van der Waals surface area contributed by atoms with Crippen LogP contribution in [0.2, 0.25) is 0 Å². The summed E-state index contributed by atoms with van der Waals surface area (Å²) in [5, 5.41) is 0. The molecular weight excluding hydrogens is 214 g/mol. The van der Waals surface area contributed by atoms with E-state index in [1.54, 1.807) is 0 Å². The van der Waals surface area contributed by atoms with E-state index in [1.807, 2.05) is 0 Å². The van der Waals surface area contributed by atoms with Gasteiger partial charge in [-0.05, 0) is 26.2 Å². The molecule has 0 N–H and O–H groups in total. The fourth-order valence-electron chi connectivity index (χ4n) is 1.74. The maximum atomic E-state index is 2.37.